The monoisotopic (exact) mass is 358 g/mol. The number of primary amides is 2. The molecule has 10 heteroatoms. The van der Waals surface area contributed by atoms with Crippen LogP contribution in [-0.2, 0) is 12.8 Å². The third kappa shape index (κ3) is 4.88. The van der Waals surface area contributed by atoms with E-state index in [1.54, 1.807) is 0 Å². The standard InChI is InChI=1S/C16H22N8O2/c17-14(25)23(19)13-12(10-21-16(22-13)24(20)15(18)26)9-5-4-8-11-6-2-1-3-7-11/h1-3,6-7,10H,4-5,8-9,19-20H2,(H2,17,25)(H2,18,26). The quantitative estimate of drug-likeness (QED) is 0.244. The highest BCUT2D eigenvalue weighted by atomic mass is 16.2. The Kier molecular flexibility index (Phi) is 6.42. The van der Waals surface area contributed by atoms with Gasteiger partial charge in [-0.05, 0) is 31.2 Å². The van der Waals surface area contributed by atoms with Crippen LogP contribution in [-0.4, -0.2) is 22.0 Å². The minimum atomic E-state index is -0.950. The van der Waals surface area contributed by atoms with E-state index in [4.69, 9.17) is 23.2 Å². The topological polar surface area (TPSA) is 170 Å². The Hall–Kier alpha value is -3.24. The molecular weight excluding hydrogens is 336 g/mol. The van der Waals surface area contributed by atoms with E-state index in [1.165, 1.54) is 11.8 Å². The Bertz CT molecular complexity index is 768. The number of urea groups is 2. The van der Waals surface area contributed by atoms with E-state index in [0.717, 1.165) is 19.3 Å². The van der Waals surface area contributed by atoms with Crippen LogP contribution in [0.15, 0.2) is 36.5 Å². The van der Waals surface area contributed by atoms with Gasteiger partial charge in [-0.3, -0.25) is 0 Å². The van der Waals surface area contributed by atoms with E-state index >= 15 is 0 Å². The third-order valence-electron chi connectivity index (χ3n) is 3.75. The summed E-state index contributed by atoms with van der Waals surface area (Å²) in [7, 11) is 0. The lowest BCUT2D eigenvalue weighted by molar-refractivity contribution is 0.253. The van der Waals surface area contributed by atoms with E-state index in [1.807, 2.05) is 18.2 Å². The molecule has 0 bridgehead atoms. The summed E-state index contributed by atoms with van der Waals surface area (Å²) in [5.41, 5.74) is 12.2. The SMILES string of the molecule is NC(=O)N(N)c1ncc(CCCCc2ccccc2)c(N(N)C(N)=O)n1. The molecule has 1 aromatic heterocycles. The van der Waals surface area contributed by atoms with E-state index in [9.17, 15) is 9.59 Å². The van der Waals surface area contributed by atoms with Crippen molar-refractivity contribution < 1.29 is 9.59 Å². The minimum absolute atomic E-state index is 0.0823. The first-order valence-corrected chi connectivity index (χ1v) is 7.98. The lowest BCUT2D eigenvalue weighted by Gasteiger charge is -2.19. The first-order chi connectivity index (χ1) is 12.4. The number of hydrogen-bond acceptors (Lipinski definition) is 6. The summed E-state index contributed by atoms with van der Waals surface area (Å²) in [6, 6.07) is 8.25. The second kappa shape index (κ2) is 8.74. The number of carbonyl (C=O) groups is 2. The van der Waals surface area contributed by atoms with Gasteiger partial charge in [-0.1, -0.05) is 30.3 Å². The largest absolute Gasteiger partial charge is 0.350 e. The van der Waals surface area contributed by atoms with Crippen LogP contribution in [0.25, 0.3) is 0 Å². The molecule has 0 aliphatic carbocycles. The van der Waals surface area contributed by atoms with Crippen LogP contribution in [0.2, 0.25) is 0 Å². The summed E-state index contributed by atoms with van der Waals surface area (Å²) in [5, 5.41) is 1.24. The van der Waals surface area contributed by atoms with Crippen molar-refractivity contribution >= 4 is 23.8 Å². The first kappa shape index (κ1) is 19.1. The van der Waals surface area contributed by atoms with Gasteiger partial charge in [0.1, 0.15) is 0 Å². The van der Waals surface area contributed by atoms with E-state index in [2.05, 4.69) is 22.1 Å². The molecular formula is C16H22N8O2. The molecule has 0 radical (unpaired) electrons. The number of amides is 4. The number of unbranched alkanes of at least 4 members (excludes halogenated alkanes) is 1. The molecule has 0 aliphatic rings. The van der Waals surface area contributed by atoms with Crippen LogP contribution in [0.3, 0.4) is 0 Å². The molecule has 0 unspecified atom stereocenters. The van der Waals surface area contributed by atoms with Gasteiger partial charge in [0.05, 0.1) is 0 Å². The van der Waals surface area contributed by atoms with Crippen molar-refractivity contribution in [3.63, 3.8) is 0 Å². The summed E-state index contributed by atoms with van der Waals surface area (Å²) >= 11 is 0. The molecule has 2 rings (SSSR count). The van der Waals surface area contributed by atoms with Gasteiger partial charge < -0.3 is 11.5 Å². The van der Waals surface area contributed by atoms with Gasteiger partial charge in [0, 0.05) is 11.8 Å². The normalized spacial score (nSPS) is 10.4. The van der Waals surface area contributed by atoms with Crippen LogP contribution in [0.5, 0.6) is 0 Å². The molecule has 26 heavy (non-hydrogen) atoms. The van der Waals surface area contributed by atoms with Crippen LogP contribution >= 0.6 is 0 Å². The molecule has 10 nitrogen and oxygen atoms in total. The maximum absolute atomic E-state index is 11.4. The highest BCUT2D eigenvalue weighted by Gasteiger charge is 2.19. The number of benzene rings is 1. The molecule has 0 saturated carbocycles. The van der Waals surface area contributed by atoms with E-state index in [-0.39, 0.29) is 11.8 Å². The maximum atomic E-state index is 11.4. The molecule has 4 amide bonds. The number of nitrogens with zero attached hydrogens (tertiary/aromatic N) is 4. The van der Waals surface area contributed by atoms with Crippen LogP contribution in [0, 0.1) is 0 Å². The number of carbonyl (C=O) groups excluding carboxylic acids is 2. The highest BCUT2D eigenvalue weighted by Crippen LogP contribution is 2.20. The minimum Gasteiger partial charge on any atom is -0.350 e. The van der Waals surface area contributed by atoms with Crippen molar-refractivity contribution in [2.45, 2.75) is 25.7 Å². The molecule has 1 heterocycles. The highest BCUT2D eigenvalue weighted by molar-refractivity contribution is 5.90. The van der Waals surface area contributed by atoms with Gasteiger partial charge >= 0.3 is 12.1 Å². The zero-order valence-electron chi connectivity index (χ0n) is 14.2. The molecule has 0 fully saturated rings. The molecule has 0 spiro atoms. The number of nitrogens with two attached hydrogens (primary N) is 4. The fourth-order valence-electron chi connectivity index (χ4n) is 2.38. The van der Waals surface area contributed by atoms with Crippen LogP contribution in [0.4, 0.5) is 21.4 Å². The molecule has 0 aliphatic heterocycles. The van der Waals surface area contributed by atoms with Gasteiger partial charge in [0.2, 0.25) is 0 Å². The number of aromatic nitrogens is 2. The van der Waals surface area contributed by atoms with E-state index in [0.29, 0.717) is 22.0 Å². The van der Waals surface area contributed by atoms with Crippen LogP contribution < -0.4 is 33.2 Å². The Morgan fingerprint density at radius 2 is 1.54 bits per heavy atom. The number of aryl methyl sites for hydroxylation is 2. The molecule has 8 N–H and O–H groups in total. The summed E-state index contributed by atoms with van der Waals surface area (Å²) in [5.74, 6) is 11.0. The zero-order chi connectivity index (χ0) is 19.1. The summed E-state index contributed by atoms with van der Waals surface area (Å²) in [4.78, 5) is 30.6. The Balaban J connectivity index is 2.10. The number of anilines is 2. The fraction of sp³-hybridized carbons (Fsp3) is 0.250. The number of hydrazine groups is 2. The van der Waals surface area contributed by atoms with Gasteiger partial charge in [-0.2, -0.15) is 9.99 Å². The lowest BCUT2D eigenvalue weighted by atomic mass is 10.0. The zero-order valence-corrected chi connectivity index (χ0v) is 14.2. The second-order valence-electron chi connectivity index (χ2n) is 5.63. The predicted octanol–water partition coefficient (Wildman–Crippen LogP) is 0.560. The predicted molar refractivity (Wildman–Crippen MR) is 97.6 cm³/mol. The van der Waals surface area contributed by atoms with Crippen molar-refractivity contribution in [3.8, 4) is 0 Å². The lowest BCUT2D eigenvalue weighted by Crippen LogP contribution is -2.45. The summed E-state index contributed by atoms with van der Waals surface area (Å²) in [6.07, 6.45) is 4.70. The molecule has 2 aromatic rings. The molecule has 0 saturated heterocycles. The summed E-state index contributed by atoms with van der Waals surface area (Å²) < 4.78 is 0. The molecule has 138 valence electrons. The Morgan fingerprint density at radius 1 is 0.923 bits per heavy atom. The van der Waals surface area contributed by atoms with Gasteiger partial charge in [0.25, 0.3) is 5.95 Å². The molecule has 0 atom stereocenters. The number of hydrogen-bond donors (Lipinski definition) is 4. The van der Waals surface area contributed by atoms with E-state index < -0.39 is 12.1 Å². The van der Waals surface area contributed by atoms with Gasteiger partial charge in [0.15, 0.2) is 5.82 Å². The first-order valence-electron chi connectivity index (χ1n) is 7.98. The summed E-state index contributed by atoms with van der Waals surface area (Å²) in [6.45, 7) is 0. The average molecular weight is 358 g/mol. The van der Waals surface area contributed by atoms with Crippen molar-refractivity contribution in [1.82, 2.24) is 9.97 Å². The third-order valence-corrected chi connectivity index (χ3v) is 3.75. The van der Waals surface area contributed by atoms with Crippen molar-refractivity contribution in [3.05, 3.63) is 47.7 Å². The van der Waals surface area contributed by atoms with Crippen molar-refractivity contribution in [2.75, 3.05) is 10.0 Å². The smallest absolute Gasteiger partial charge is 0.336 e. The van der Waals surface area contributed by atoms with Gasteiger partial charge in [-0.15, -0.1) is 0 Å². The average Bonchev–Trinajstić information content (AvgIpc) is 2.64. The Labute approximate surface area is 150 Å². The van der Waals surface area contributed by atoms with Gasteiger partial charge in [-0.25, -0.2) is 31.3 Å². The number of rotatable bonds is 7. The molecule has 1 aromatic carbocycles. The fourth-order valence-corrected chi connectivity index (χ4v) is 2.38. The van der Waals surface area contributed by atoms with Crippen molar-refractivity contribution in [2.24, 2.45) is 23.2 Å². The Morgan fingerprint density at radius 3 is 2.15 bits per heavy atom. The van der Waals surface area contributed by atoms with Crippen molar-refractivity contribution in [1.29, 1.82) is 0 Å². The van der Waals surface area contributed by atoms with Crippen LogP contribution in [0.1, 0.15) is 24.0 Å². The second-order valence-corrected chi connectivity index (χ2v) is 5.63. The maximum Gasteiger partial charge on any atom is 0.336 e.